The molecule has 0 radical (unpaired) electrons. The van der Waals surface area contributed by atoms with Crippen molar-refractivity contribution in [3.8, 4) is 5.75 Å². The first kappa shape index (κ1) is 21.2. The number of hydrogen-bond donors (Lipinski definition) is 1. The van der Waals surface area contributed by atoms with Crippen LogP contribution in [-0.4, -0.2) is 30.3 Å². The fraction of sp³-hybridized carbons (Fsp3) is 0.0556. The number of aliphatic imine (C=N–C) groups is 1. The van der Waals surface area contributed by atoms with Crippen molar-refractivity contribution in [3.05, 3.63) is 69.1 Å². The van der Waals surface area contributed by atoms with Gasteiger partial charge in [0.1, 0.15) is 10.6 Å². The average Bonchev–Trinajstić information content (AvgIpc) is 3.01. The molecular formula is C18H13N3O7S2. The van der Waals surface area contributed by atoms with Gasteiger partial charge >= 0.3 is 10.1 Å². The van der Waals surface area contributed by atoms with Crippen molar-refractivity contribution in [2.45, 2.75) is 11.8 Å². The second-order valence-corrected chi connectivity index (χ2v) is 8.42. The fourth-order valence-electron chi connectivity index (χ4n) is 2.33. The van der Waals surface area contributed by atoms with Gasteiger partial charge in [-0.05, 0) is 36.0 Å². The molecule has 0 fully saturated rings. The van der Waals surface area contributed by atoms with Crippen LogP contribution in [0.25, 0.3) is 6.08 Å². The molecule has 2 aromatic carbocycles. The Balaban J connectivity index is 1.86. The zero-order valence-electron chi connectivity index (χ0n) is 15.3. The maximum atomic E-state index is 12.6. The van der Waals surface area contributed by atoms with E-state index in [0.717, 1.165) is 36.0 Å². The molecule has 1 aliphatic heterocycles. The van der Waals surface area contributed by atoms with Gasteiger partial charge in [-0.3, -0.25) is 19.7 Å². The maximum absolute atomic E-state index is 12.6. The van der Waals surface area contributed by atoms with Gasteiger partial charge < -0.3 is 9.50 Å². The molecule has 0 saturated heterocycles. The molecule has 0 aromatic heterocycles. The number of nitrogens with zero attached hydrogens (tertiary/aromatic N) is 2. The molecule has 2 aromatic rings. The lowest BCUT2D eigenvalue weighted by atomic mass is 10.2. The molecule has 0 unspecified atom stereocenters. The van der Waals surface area contributed by atoms with Crippen molar-refractivity contribution in [1.29, 1.82) is 0 Å². The molecule has 0 spiro atoms. The Labute approximate surface area is 174 Å². The molecule has 3 rings (SSSR count). The number of carbonyl (C=O) groups excluding carboxylic acids is 2. The third-order valence-corrected chi connectivity index (χ3v) is 5.79. The van der Waals surface area contributed by atoms with Crippen LogP contribution in [0.1, 0.15) is 12.5 Å². The average molecular weight is 447 g/mol. The van der Waals surface area contributed by atoms with Gasteiger partial charge in [-0.15, -0.1) is 0 Å². The molecule has 0 atom stereocenters. The van der Waals surface area contributed by atoms with E-state index in [0.29, 0.717) is 0 Å². The van der Waals surface area contributed by atoms with Crippen LogP contribution in [0.4, 0.5) is 5.69 Å². The SMILES string of the molecule is CC(=O)NC1=NC(=O)/C(=C/c2ccccc2OS(=O)(=O)c2ccc([N+](=O)[O-])cc2)S1. The third-order valence-electron chi connectivity index (χ3n) is 3.64. The van der Waals surface area contributed by atoms with E-state index in [4.69, 9.17) is 4.18 Å². The van der Waals surface area contributed by atoms with E-state index in [1.165, 1.54) is 25.1 Å². The minimum Gasteiger partial charge on any atom is -0.378 e. The van der Waals surface area contributed by atoms with E-state index in [9.17, 15) is 28.1 Å². The summed E-state index contributed by atoms with van der Waals surface area (Å²) >= 11 is 0.930. The Bertz CT molecular complexity index is 1200. The Kier molecular flexibility index (Phi) is 5.99. The number of hydrogen-bond acceptors (Lipinski definition) is 8. The van der Waals surface area contributed by atoms with Crippen molar-refractivity contribution in [2.24, 2.45) is 4.99 Å². The second kappa shape index (κ2) is 8.47. The van der Waals surface area contributed by atoms with Gasteiger partial charge in [-0.2, -0.15) is 13.4 Å². The Morgan fingerprint density at radius 1 is 1.20 bits per heavy atom. The van der Waals surface area contributed by atoms with Crippen LogP contribution in [0, 0.1) is 10.1 Å². The van der Waals surface area contributed by atoms with Crippen molar-refractivity contribution in [1.82, 2.24) is 5.32 Å². The van der Waals surface area contributed by atoms with E-state index in [1.807, 2.05) is 0 Å². The molecule has 1 N–H and O–H groups in total. The number of para-hydroxylation sites is 1. The van der Waals surface area contributed by atoms with E-state index in [2.05, 4.69) is 10.3 Å². The highest BCUT2D eigenvalue weighted by Gasteiger charge is 2.24. The molecule has 2 amide bonds. The van der Waals surface area contributed by atoms with Crippen LogP contribution in [0.5, 0.6) is 5.75 Å². The minimum absolute atomic E-state index is 0.0512. The van der Waals surface area contributed by atoms with Crippen LogP contribution in [0.2, 0.25) is 0 Å². The van der Waals surface area contributed by atoms with E-state index in [-0.39, 0.29) is 37.9 Å². The Morgan fingerprint density at radius 2 is 1.87 bits per heavy atom. The van der Waals surface area contributed by atoms with Gasteiger partial charge in [0.15, 0.2) is 5.17 Å². The quantitative estimate of drug-likeness (QED) is 0.318. The van der Waals surface area contributed by atoms with Crippen LogP contribution in [0.15, 0.2) is 63.3 Å². The Morgan fingerprint density at radius 3 is 2.50 bits per heavy atom. The highest BCUT2D eigenvalue weighted by Crippen LogP contribution is 2.31. The lowest BCUT2D eigenvalue weighted by Gasteiger charge is -2.10. The van der Waals surface area contributed by atoms with Gasteiger partial charge in [-0.1, -0.05) is 18.2 Å². The van der Waals surface area contributed by atoms with Crippen LogP contribution in [-0.2, 0) is 19.7 Å². The molecule has 1 heterocycles. The standard InChI is InChI=1S/C18H13N3O7S2/c1-11(22)19-18-20-17(23)16(29-18)10-12-4-2-3-5-15(12)28-30(26,27)14-8-6-13(7-9-14)21(24)25/h2-10H,1H3,(H,19,20,22,23)/b16-10-. The number of amidine groups is 1. The second-order valence-electron chi connectivity index (χ2n) is 5.84. The maximum Gasteiger partial charge on any atom is 0.339 e. The van der Waals surface area contributed by atoms with Crippen LogP contribution >= 0.6 is 11.8 Å². The fourth-order valence-corrected chi connectivity index (χ4v) is 4.14. The number of amides is 2. The number of carbonyl (C=O) groups is 2. The molecule has 0 saturated carbocycles. The van der Waals surface area contributed by atoms with Gasteiger partial charge in [-0.25, -0.2) is 0 Å². The summed E-state index contributed by atoms with van der Waals surface area (Å²) in [4.78, 5) is 36.8. The highest BCUT2D eigenvalue weighted by atomic mass is 32.2. The van der Waals surface area contributed by atoms with Crippen molar-refractivity contribution in [3.63, 3.8) is 0 Å². The summed E-state index contributed by atoms with van der Waals surface area (Å²) in [5.41, 5.74) is 0.0314. The highest BCUT2D eigenvalue weighted by molar-refractivity contribution is 8.18. The molecule has 30 heavy (non-hydrogen) atoms. The third kappa shape index (κ3) is 4.90. The molecule has 12 heteroatoms. The lowest BCUT2D eigenvalue weighted by molar-refractivity contribution is -0.384. The monoisotopic (exact) mass is 447 g/mol. The molecular weight excluding hydrogens is 434 g/mol. The van der Waals surface area contributed by atoms with E-state index < -0.39 is 20.9 Å². The lowest BCUT2D eigenvalue weighted by Crippen LogP contribution is -2.23. The number of non-ortho nitro benzene ring substituents is 1. The van der Waals surface area contributed by atoms with Crippen molar-refractivity contribution >= 4 is 50.6 Å². The van der Waals surface area contributed by atoms with E-state index in [1.54, 1.807) is 12.1 Å². The van der Waals surface area contributed by atoms with Crippen molar-refractivity contribution in [2.75, 3.05) is 0 Å². The smallest absolute Gasteiger partial charge is 0.339 e. The van der Waals surface area contributed by atoms with E-state index >= 15 is 0 Å². The minimum atomic E-state index is -4.28. The number of nitrogens with one attached hydrogen (secondary N) is 1. The molecule has 0 bridgehead atoms. The molecule has 154 valence electrons. The number of benzene rings is 2. The first-order valence-electron chi connectivity index (χ1n) is 8.24. The van der Waals surface area contributed by atoms with Gasteiger partial charge in [0.05, 0.1) is 9.83 Å². The normalized spacial score (nSPS) is 15.0. The summed E-state index contributed by atoms with van der Waals surface area (Å²) in [5.74, 6) is -1.02. The summed E-state index contributed by atoms with van der Waals surface area (Å²) in [5, 5.41) is 13.3. The van der Waals surface area contributed by atoms with Gasteiger partial charge in [0, 0.05) is 24.6 Å². The zero-order valence-corrected chi connectivity index (χ0v) is 16.9. The Hall–Kier alpha value is -3.51. The largest absolute Gasteiger partial charge is 0.378 e. The summed E-state index contributed by atoms with van der Waals surface area (Å²) < 4.78 is 30.3. The zero-order chi connectivity index (χ0) is 21.9. The number of rotatable bonds is 5. The number of nitro benzene ring substituents is 1. The predicted octanol–water partition coefficient (Wildman–Crippen LogP) is 2.47. The first-order chi connectivity index (χ1) is 14.2. The summed E-state index contributed by atoms with van der Waals surface area (Å²) in [6, 6.07) is 10.4. The molecule has 0 aliphatic carbocycles. The van der Waals surface area contributed by atoms with Crippen molar-refractivity contribution < 1.29 is 27.1 Å². The molecule has 1 aliphatic rings. The molecule has 10 nitrogen and oxygen atoms in total. The summed E-state index contributed by atoms with van der Waals surface area (Å²) in [6.07, 6.45) is 1.39. The summed E-state index contributed by atoms with van der Waals surface area (Å²) in [6.45, 7) is 1.28. The predicted molar refractivity (Wildman–Crippen MR) is 109 cm³/mol. The topological polar surface area (TPSA) is 145 Å². The van der Waals surface area contributed by atoms with Crippen LogP contribution < -0.4 is 9.50 Å². The van der Waals surface area contributed by atoms with Gasteiger partial charge in [0.2, 0.25) is 5.91 Å². The first-order valence-corrected chi connectivity index (χ1v) is 10.5. The van der Waals surface area contributed by atoms with Gasteiger partial charge in [0.25, 0.3) is 11.6 Å². The number of thioether (sulfide) groups is 1. The number of nitro groups is 1. The van der Waals surface area contributed by atoms with Crippen LogP contribution in [0.3, 0.4) is 0 Å². The summed E-state index contributed by atoms with van der Waals surface area (Å²) in [7, 11) is -4.28.